The van der Waals surface area contributed by atoms with Crippen LogP contribution >= 0.6 is 7.82 Å². The normalized spacial score (nSPS) is 11.4. The van der Waals surface area contributed by atoms with Gasteiger partial charge in [-0.25, -0.2) is 15.1 Å². The first-order chi connectivity index (χ1) is 9.72. The Morgan fingerprint density at radius 1 is 0.800 bits per heavy atom. The molecule has 0 fully saturated rings. The summed E-state index contributed by atoms with van der Waals surface area (Å²) in [4.78, 5) is 0. The zero-order valence-electron chi connectivity index (χ0n) is 10.8. The largest absolute Gasteiger partial charge is 0.491 e. The van der Waals surface area contributed by atoms with Crippen molar-refractivity contribution in [1.82, 2.24) is 0 Å². The highest BCUT2D eigenvalue weighted by atomic mass is 31.2. The van der Waals surface area contributed by atoms with Gasteiger partial charge in [0.1, 0.15) is 0 Å². The highest BCUT2D eigenvalue weighted by molar-refractivity contribution is 7.48. The van der Waals surface area contributed by atoms with Gasteiger partial charge >= 0.3 is 7.82 Å². The minimum absolute atomic E-state index is 0.101. The van der Waals surface area contributed by atoms with Gasteiger partial charge in [0.25, 0.3) is 0 Å². The van der Waals surface area contributed by atoms with Crippen LogP contribution in [0.4, 0.5) is 0 Å². The topological polar surface area (TPSA) is 70.8 Å². The summed E-state index contributed by atoms with van der Waals surface area (Å²) in [6.45, 7) is 0.203. The molecule has 2 aromatic rings. The number of benzene rings is 2. The van der Waals surface area contributed by atoms with Gasteiger partial charge in [-0.05, 0) is 11.1 Å². The Morgan fingerprint density at radius 2 is 1.20 bits per heavy atom. The minimum Gasteiger partial charge on any atom is -0.281 e. The second-order valence-corrected chi connectivity index (χ2v) is 5.69. The average Bonchev–Trinajstić information content (AvgIpc) is 2.53. The van der Waals surface area contributed by atoms with Gasteiger partial charge in [0.15, 0.2) is 0 Å². The third kappa shape index (κ3) is 4.56. The number of nitrogens with two attached hydrogens (primary N) is 1. The number of hydrogen-bond acceptors (Lipinski definition) is 5. The Bertz CT molecular complexity index is 514. The molecule has 0 saturated carbocycles. The van der Waals surface area contributed by atoms with Crippen LogP contribution < -0.4 is 5.90 Å². The zero-order chi connectivity index (χ0) is 14.3. The lowest BCUT2D eigenvalue weighted by molar-refractivity contribution is 0.103. The van der Waals surface area contributed by atoms with E-state index < -0.39 is 7.82 Å². The van der Waals surface area contributed by atoms with Gasteiger partial charge in [0.2, 0.25) is 0 Å². The molecule has 0 saturated heterocycles. The summed E-state index contributed by atoms with van der Waals surface area (Å²) in [7, 11) is -3.75. The van der Waals surface area contributed by atoms with Crippen LogP contribution in [0.1, 0.15) is 11.1 Å². The predicted octanol–water partition coefficient (Wildman–Crippen LogP) is 3.42. The van der Waals surface area contributed by atoms with Crippen molar-refractivity contribution >= 4 is 7.82 Å². The number of hydrogen-bond donors (Lipinski definition) is 1. The summed E-state index contributed by atoms with van der Waals surface area (Å²) in [6.07, 6.45) is 0. The molecule has 0 amide bonds. The molecule has 6 heteroatoms. The molecule has 2 N–H and O–H groups in total. The van der Waals surface area contributed by atoms with E-state index in [2.05, 4.69) is 4.62 Å². The molecular weight excluding hydrogens is 277 g/mol. The minimum atomic E-state index is -3.75. The molecule has 0 spiro atoms. The van der Waals surface area contributed by atoms with Crippen LogP contribution in [0.2, 0.25) is 0 Å². The van der Waals surface area contributed by atoms with Gasteiger partial charge in [-0.3, -0.25) is 9.05 Å². The fourth-order valence-corrected chi connectivity index (χ4v) is 2.36. The zero-order valence-corrected chi connectivity index (χ0v) is 11.7. The van der Waals surface area contributed by atoms with Gasteiger partial charge in [-0.15, -0.1) is 0 Å². The van der Waals surface area contributed by atoms with Crippen molar-refractivity contribution in [3.05, 3.63) is 71.8 Å². The van der Waals surface area contributed by atoms with Gasteiger partial charge < -0.3 is 0 Å². The van der Waals surface area contributed by atoms with Crippen molar-refractivity contribution in [3.8, 4) is 0 Å². The van der Waals surface area contributed by atoms with E-state index in [1.54, 1.807) is 0 Å². The Hall–Kier alpha value is -1.49. The summed E-state index contributed by atoms with van der Waals surface area (Å²) in [6, 6.07) is 18.6. The van der Waals surface area contributed by atoms with Crippen LogP contribution in [0.5, 0.6) is 0 Å². The van der Waals surface area contributed by atoms with E-state index in [4.69, 9.17) is 14.9 Å². The first-order valence-corrected chi connectivity index (χ1v) is 7.53. The summed E-state index contributed by atoms with van der Waals surface area (Å²) in [5.41, 5.74) is 1.71. The molecule has 0 unspecified atom stereocenters. The maximum Gasteiger partial charge on any atom is 0.491 e. The first kappa shape index (κ1) is 14.9. The van der Waals surface area contributed by atoms with E-state index >= 15 is 0 Å². The van der Waals surface area contributed by atoms with Crippen molar-refractivity contribution in [2.45, 2.75) is 13.2 Å². The van der Waals surface area contributed by atoms with Crippen LogP contribution in [0, 0.1) is 0 Å². The maximum atomic E-state index is 12.1. The molecule has 106 valence electrons. The van der Waals surface area contributed by atoms with Crippen LogP contribution in [-0.2, 0) is 31.5 Å². The molecule has 0 aliphatic carbocycles. The lowest BCUT2D eigenvalue weighted by Crippen LogP contribution is -2.05. The monoisotopic (exact) mass is 293 g/mol. The quantitative estimate of drug-likeness (QED) is 0.625. The smallest absolute Gasteiger partial charge is 0.281 e. The molecule has 0 bridgehead atoms. The Morgan fingerprint density at radius 3 is 1.55 bits per heavy atom. The highest BCUT2D eigenvalue weighted by Gasteiger charge is 2.26. The van der Waals surface area contributed by atoms with Crippen molar-refractivity contribution < 1.29 is 18.2 Å². The maximum absolute atomic E-state index is 12.1. The molecule has 20 heavy (non-hydrogen) atoms. The van der Waals surface area contributed by atoms with E-state index in [1.807, 2.05) is 60.7 Å². The van der Waals surface area contributed by atoms with E-state index in [0.29, 0.717) is 0 Å². The SMILES string of the molecule is NOP(=O)(OCc1ccccc1)OCc1ccccc1. The molecule has 0 aliphatic rings. The standard InChI is InChI=1S/C14H16NO4P/c15-19-20(16,17-11-13-7-3-1-4-8-13)18-12-14-9-5-2-6-10-14/h1-10H,11-12,15H2. The lowest BCUT2D eigenvalue weighted by atomic mass is 10.2. The van der Waals surface area contributed by atoms with Crippen molar-refractivity contribution in [1.29, 1.82) is 0 Å². The molecule has 0 aliphatic heterocycles. The fourth-order valence-electron chi connectivity index (χ4n) is 1.55. The molecule has 0 aromatic heterocycles. The molecular formula is C14H16NO4P. The molecule has 5 nitrogen and oxygen atoms in total. The third-order valence-electron chi connectivity index (χ3n) is 2.59. The molecule has 0 atom stereocenters. The van der Waals surface area contributed by atoms with Crippen LogP contribution in [0.15, 0.2) is 60.7 Å². The Kier molecular flexibility index (Phi) is 5.47. The number of phosphoric acid groups is 1. The molecule has 2 rings (SSSR count). The van der Waals surface area contributed by atoms with Crippen LogP contribution in [0.25, 0.3) is 0 Å². The highest BCUT2D eigenvalue weighted by Crippen LogP contribution is 2.49. The predicted molar refractivity (Wildman–Crippen MR) is 75.3 cm³/mol. The molecule has 0 radical (unpaired) electrons. The Balaban J connectivity index is 1.90. The third-order valence-corrected chi connectivity index (χ3v) is 3.74. The fraction of sp³-hybridized carbons (Fsp3) is 0.143. The van der Waals surface area contributed by atoms with Gasteiger partial charge in [0.05, 0.1) is 13.2 Å². The van der Waals surface area contributed by atoms with Crippen LogP contribution in [0.3, 0.4) is 0 Å². The van der Waals surface area contributed by atoms with E-state index in [9.17, 15) is 4.57 Å². The van der Waals surface area contributed by atoms with Gasteiger partial charge in [-0.1, -0.05) is 60.7 Å². The van der Waals surface area contributed by atoms with E-state index in [-0.39, 0.29) is 13.2 Å². The lowest BCUT2D eigenvalue weighted by Gasteiger charge is -2.15. The Labute approximate surface area is 117 Å². The molecule has 2 aromatic carbocycles. The van der Waals surface area contributed by atoms with Gasteiger partial charge in [-0.2, -0.15) is 0 Å². The summed E-state index contributed by atoms with van der Waals surface area (Å²) < 4.78 is 26.9. The van der Waals surface area contributed by atoms with E-state index in [1.165, 1.54) is 0 Å². The second kappa shape index (κ2) is 7.33. The van der Waals surface area contributed by atoms with Crippen molar-refractivity contribution in [2.75, 3.05) is 0 Å². The summed E-state index contributed by atoms with van der Waals surface area (Å²) >= 11 is 0. The average molecular weight is 293 g/mol. The van der Waals surface area contributed by atoms with Crippen molar-refractivity contribution in [3.63, 3.8) is 0 Å². The summed E-state index contributed by atoms with van der Waals surface area (Å²) in [5.74, 6) is 5.02. The molecule has 0 heterocycles. The number of phosphoric ester groups is 1. The van der Waals surface area contributed by atoms with E-state index in [0.717, 1.165) is 11.1 Å². The van der Waals surface area contributed by atoms with Crippen molar-refractivity contribution in [2.24, 2.45) is 5.90 Å². The number of rotatable bonds is 7. The van der Waals surface area contributed by atoms with Crippen LogP contribution in [-0.4, -0.2) is 0 Å². The first-order valence-electron chi connectivity index (χ1n) is 6.07. The summed E-state index contributed by atoms with van der Waals surface area (Å²) in [5, 5.41) is 0. The van der Waals surface area contributed by atoms with Gasteiger partial charge in [0, 0.05) is 0 Å². The second-order valence-electron chi connectivity index (χ2n) is 4.07.